The van der Waals surface area contributed by atoms with E-state index in [1.165, 1.54) is 0 Å². The minimum atomic E-state index is 0.454. The Bertz CT molecular complexity index is 902. The van der Waals surface area contributed by atoms with Gasteiger partial charge in [0.2, 0.25) is 11.9 Å². The number of aryl methyl sites for hydroxylation is 1. The smallest absolute Gasteiger partial charge is 0.234 e. The second kappa shape index (κ2) is 8.35. The van der Waals surface area contributed by atoms with Gasteiger partial charge in [-0.3, -0.25) is 0 Å². The van der Waals surface area contributed by atoms with Crippen LogP contribution in [-0.4, -0.2) is 35.7 Å². The number of hydrogen-bond acceptors (Lipinski definition) is 7. The maximum Gasteiger partial charge on any atom is 0.234 e. The van der Waals surface area contributed by atoms with Crippen LogP contribution in [0.15, 0.2) is 48.5 Å². The first kappa shape index (κ1) is 18.4. The molecule has 7 heteroatoms. The van der Waals surface area contributed by atoms with Gasteiger partial charge in [0.05, 0.1) is 19.9 Å². The van der Waals surface area contributed by atoms with Crippen LogP contribution in [0.3, 0.4) is 0 Å². The lowest BCUT2D eigenvalue weighted by atomic mass is 10.2. The Hall–Kier alpha value is -3.35. The van der Waals surface area contributed by atoms with Crippen molar-refractivity contribution in [1.82, 2.24) is 15.0 Å². The summed E-state index contributed by atoms with van der Waals surface area (Å²) < 4.78 is 10.7. The van der Waals surface area contributed by atoms with E-state index >= 15 is 0 Å². The van der Waals surface area contributed by atoms with Crippen LogP contribution in [0.4, 0.5) is 23.3 Å². The molecule has 1 heterocycles. The number of rotatable bonds is 7. The van der Waals surface area contributed by atoms with Crippen LogP contribution >= 0.6 is 0 Å². The van der Waals surface area contributed by atoms with E-state index in [0.717, 1.165) is 17.9 Å². The third-order valence-electron chi connectivity index (χ3n) is 4.02. The van der Waals surface area contributed by atoms with Gasteiger partial charge in [0.15, 0.2) is 0 Å². The highest BCUT2D eigenvalue weighted by Gasteiger charge is 2.14. The summed E-state index contributed by atoms with van der Waals surface area (Å²) in [6.45, 7) is 4.64. The highest BCUT2D eigenvalue weighted by molar-refractivity contribution is 5.65. The first-order chi connectivity index (χ1) is 13.1. The number of nitrogens with one attached hydrogen (secondary N) is 1. The molecule has 0 bridgehead atoms. The third kappa shape index (κ3) is 4.25. The number of aromatic nitrogens is 3. The predicted molar refractivity (Wildman–Crippen MR) is 107 cm³/mol. The molecule has 3 aromatic rings. The van der Waals surface area contributed by atoms with Crippen molar-refractivity contribution in [2.45, 2.75) is 13.8 Å². The van der Waals surface area contributed by atoms with Gasteiger partial charge < -0.3 is 19.7 Å². The molecular formula is C20H23N5O2. The van der Waals surface area contributed by atoms with E-state index in [-0.39, 0.29) is 0 Å². The molecule has 0 fully saturated rings. The van der Waals surface area contributed by atoms with Gasteiger partial charge in [-0.1, -0.05) is 18.2 Å². The average molecular weight is 365 g/mol. The van der Waals surface area contributed by atoms with E-state index in [1.54, 1.807) is 20.3 Å². The van der Waals surface area contributed by atoms with Crippen LogP contribution in [0.2, 0.25) is 0 Å². The molecular weight excluding hydrogens is 342 g/mol. The SMILES string of the molecule is CCN(c1ccccc1)c1nc(C)nc(Nc2ccc(OC)cc2OC)n1. The van der Waals surface area contributed by atoms with Gasteiger partial charge in [0, 0.05) is 18.3 Å². The summed E-state index contributed by atoms with van der Waals surface area (Å²) in [5.74, 6) is 3.03. The quantitative estimate of drug-likeness (QED) is 0.676. The molecule has 0 radical (unpaired) electrons. The summed E-state index contributed by atoms with van der Waals surface area (Å²) in [7, 11) is 3.23. The van der Waals surface area contributed by atoms with E-state index < -0.39 is 0 Å². The Morgan fingerprint density at radius 3 is 2.41 bits per heavy atom. The van der Waals surface area contributed by atoms with Gasteiger partial charge in [-0.05, 0) is 38.1 Å². The van der Waals surface area contributed by atoms with E-state index in [2.05, 4.69) is 27.2 Å². The van der Waals surface area contributed by atoms with Crippen molar-refractivity contribution in [1.29, 1.82) is 0 Å². The minimum Gasteiger partial charge on any atom is -0.497 e. The normalized spacial score (nSPS) is 10.4. The van der Waals surface area contributed by atoms with Crippen LogP contribution in [-0.2, 0) is 0 Å². The second-order valence-corrected chi connectivity index (χ2v) is 5.78. The van der Waals surface area contributed by atoms with Crippen molar-refractivity contribution in [3.63, 3.8) is 0 Å². The van der Waals surface area contributed by atoms with Crippen molar-refractivity contribution < 1.29 is 9.47 Å². The first-order valence-corrected chi connectivity index (χ1v) is 8.69. The topological polar surface area (TPSA) is 72.4 Å². The Morgan fingerprint density at radius 1 is 0.963 bits per heavy atom. The molecule has 1 aromatic heterocycles. The second-order valence-electron chi connectivity index (χ2n) is 5.78. The molecule has 0 unspecified atom stereocenters. The Balaban J connectivity index is 1.94. The minimum absolute atomic E-state index is 0.454. The summed E-state index contributed by atoms with van der Waals surface area (Å²) in [5.41, 5.74) is 1.77. The molecule has 0 saturated heterocycles. The maximum absolute atomic E-state index is 5.43. The fourth-order valence-corrected chi connectivity index (χ4v) is 2.71. The fraction of sp³-hybridized carbons (Fsp3) is 0.250. The summed E-state index contributed by atoms with van der Waals surface area (Å²) in [4.78, 5) is 15.5. The Kier molecular flexibility index (Phi) is 5.71. The summed E-state index contributed by atoms with van der Waals surface area (Å²) in [6.07, 6.45) is 0. The van der Waals surface area contributed by atoms with Crippen LogP contribution in [0.1, 0.15) is 12.7 Å². The van der Waals surface area contributed by atoms with Crippen molar-refractivity contribution in [2.24, 2.45) is 0 Å². The van der Waals surface area contributed by atoms with Gasteiger partial charge >= 0.3 is 0 Å². The largest absolute Gasteiger partial charge is 0.497 e. The summed E-state index contributed by atoms with van der Waals surface area (Å²) in [6, 6.07) is 15.6. The molecule has 0 spiro atoms. The zero-order valence-electron chi connectivity index (χ0n) is 15.9. The van der Waals surface area contributed by atoms with E-state index in [0.29, 0.717) is 29.2 Å². The van der Waals surface area contributed by atoms with Crippen molar-refractivity contribution in [2.75, 3.05) is 31.0 Å². The number of benzene rings is 2. The van der Waals surface area contributed by atoms with Crippen LogP contribution in [0, 0.1) is 6.92 Å². The molecule has 0 aliphatic rings. The molecule has 0 atom stereocenters. The molecule has 1 N–H and O–H groups in total. The van der Waals surface area contributed by atoms with Gasteiger partial charge in [0.25, 0.3) is 0 Å². The summed E-state index contributed by atoms with van der Waals surface area (Å²) in [5, 5.41) is 3.22. The lowest BCUT2D eigenvalue weighted by Crippen LogP contribution is -2.20. The lowest BCUT2D eigenvalue weighted by Gasteiger charge is -2.21. The third-order valence-corrected chi connectivity index (χ3v) is 4.02. The Morgan fingerprint density at radius 2 is 1.74 bits per heavy atom. The monoisotopic (exact) mass is 365 g/mol. The molecule has 27 heavy (non-hydrogen) atoms. The van der Waals surface area contributed by atoms with Crippen molar-refractivity contribution >= 4 is 23.3 Å². The van der Waals surface area contributed by atoms with Gasteiger partial charge in [-0.25, -0.2) is 0 Å². The molecule has 0 aliphatic carbocycles. The Labute approximate surface area is 159 Å². The van der Waals surface area contributed by atoms with Crippen LogP contribution in [0.25, 0.3) is 0 Å². The van der Waals surface area contributed by atoms with E-state index in [4.69, 9.17) is 9.47 Å². The number of para-hydroxylation sites is 1. The summed E-state index contributed by atoms with van der Waals surface area (Å²) >= 11 is 0. The van der Waals surface area contributed by atoms with E-state index in [9.17, 15) is 0 Å². The highest BCUT2D eigenvalue weighted by atomic mass is 16.5. The molecule has 2 aromatic carbocycles. The van der Waals surface area contributed by atoms with Crippen molar-refractivity contribution in [3.05, 3.63) is 54.4 Å². The number of anilines is 4. The number of ether oxygens (including phenoxy) is 2. The van der Waals surface area contributed by atoms with Crippen LogP contribution < -0.4 is 19.7 Å². The zero-order chi connectivity index (χ0) is 19.2. The van der Waals surface area contributed by atoms with Gasteiger partial charge in [-0.2, -0.15) is 15.0 Å². The maximum atomic E-state index is 5.43. The molecule has 0 aliphatic heterocycles. The number of nitrogens with zero attached hydrogens (tertiary/aromatic N) is 4. The zero-order valence-corrected chi connectivity index (χ0v) is 15.9. The number of hydrogen-bond donors (Lipinski definition) is 1. The molecule has 0 saturated carbocycles. The standard InChI is InChI=1S/C20H23N5O2/c1-5-25(15-9-7-6-8-10-15)20-22-14(2)21-19(24-20)23-17-12-11-16(26-3)13-18(17)27-4/h6-13H,5H2,1-4H3,(H,21,22,23,24). The lowest BCUT2D eigenvalue weighted by molar-refractivity contribution is 0.395. The fourth-order valence-electron chi connectivity index (χ4n) is 2.71. The number of methoxy groups -OCH3 is 2. The predicted octanol–water partition coefficient (Wildman–Crippen LogP) is 4.10. The molecule has 0 amide bonds. The average Bonchev–Trinajstić information content (AvgIpc) is 2.69. The highest BCUT2D eigenvalue weighted by Crippen LogP contribution is 2.31. The van der Waals surface area contributed by atoms with Crippen molar-refractivity contribution in [3.8, 4) is 11.5 Å². The molecule has 3 rings (SSSR count). The van der Waals surface area contributed by atoms with Crippen LogP contribution in [0.5, 0.6) is 11.5 Å². The molecule has 7 nitrogen and oxygen atoms in total. The molecule has 140 valence electrons. The first-order valence-electron chi connectivity index (χ1n) is 8.69. The van der Waals surface area contributed by atoms with E-state index in [1.807, 2.05) is 54.3 Å². The van der Waals surface area contributed by atoms with Gasteiger partial charge in [-0.15, -0.1) is 0 Å². The van der Waals surface area contributed by atoms with Gasteiger partial charge in [0.1, 0.15) is 17.3 Å².